The first-order valence-electron chi connectivity index (χ1n) is 10.0. The number of rotatable bonds is 7. The Kier molecular flexibility index (Phi) is 6.18. The standard InChI is InChI=1S/C23H22N2O6S/c1-2-29-20-11-9-18(15-19(20)24-23(26)16-6-4-3-5-7-16)32(27,28)25-17-8-10-21-22(14-17)31-13-12-30-21/h3-11,14-15,25H,2,12-13H2,1H3,(H,24,26). The van der Waals surface area contributed by atoms with Crippen molar-refractivity contribution in [2.24, 2.45) is 0 Å². The zero-order valence-electron chi connectivity index (χ0n) is 17.3. The number of carbonyl (C=O) groups is 1. The van der Waals surface area contributed by atoms with E-state index < -0.39 is 10.0 Å². The van der Waals surface area contributed by atoms with Crippen LogP contribution in [0.2, 0.25) is 0 Å². The largest absolute Gasteiger partial charge is 0.492 e. The number of fused-ring (bicyclic) bond motifs is 1. The third kappa shape index (κ3) is 4.78. The molecule has 166 valence electrons. The predicted octanol–water partition coefficient (Wildman–Crippen LogP) is 3.91. The summed E-state index contributed by atoms with van der Waals surface area (Å²) in [6.07, 6.45) is 0. The SMILES string of the molecule is CCOc1ccc(S(=O)(=O)Nc2ccc3c(c2)OCCO3)cc1NC(=O)c1ccccc1. The summed E-state index contributed by atoms with van der Waals surface area (Å²) >= 11 is 0. The van der Waals surface area contributed by atoms with Crippen molar-refractivity contribution >= 4 is 27.3 Å². The van der Waals surface area contributed by atoms with Gasteiger partial charge in [0.1, 0.15) is 19.0 Å². The van der Waals surface area contributed by atoms with E-state index >= 15 is 0 Å². The molecule has 1 amide bonds. The van der Waals surface area contributed by atoms with Crippen LogP contribution in [0, 0.1) is 0 Å². The van der Waals surface area contributed by atoms with E-state index in [1.54, 1.807) is 55.5 Å². The maximum atomic E-state index is 13.0. The van der Waals surface area contributed by atoms with Gasteiger partial charge in [-0.05, 0) is 49.4 Å². The van der Waals surface area contributed by atoms with E-state index in [4.69, 9.17) is 14.2 Å². The minimum Gasteiger partial charge on any atom is -0.492 e. The number of carbonyl (C=O) groups excluding carboxylic acids is 1. The molecule has 9 heteroatoms. The highest BCUT2D eigenvalue weighted by atomic mass is 32.2. The fourth-order valence-electron chi connectivity index (χ4n) is 3.16. The first-order valence-corrected chi connectivity index (χ1v) is 11.5. The Morgan fingerprint density at radius 1 is 0.969 bits per heavy atom. The molecule has 2 N–H and O–H groups in total. The molecule has 4 rings (SSSR count). The number of anilines is 2. The molecule has 0 saturated heterocycles. The van der Waals surface area contributed by atoms with Gasteiger partial charge < -0.3 is 19.5 Å². The minimum absolute atomic E-state index is 0.0285. The lowest BCUT2D eigenvalue weighted by molar-refractivity contribution is 0.102. The van der Waals surface area contributed by atoms with Crippen LogP contribution in [0.3, 0.4) is 0 Å². The summed E-state index contributed by atoms with van der Waals surface area (Å²) in [5.74, 6) is 1.03. The maximum absolute atomic E-state index is 13.0. The first kappa shape index (κ1) is 21.5. The van der Waals surface area contributed by atoms with Gasteiger partial charge in [-0.2, -0.15) is 0 Å². The smallest absolute Gasteiger partial charge is 0.261 e. The molecule has 0 aliphatic carbocycles. The highest BCUT2D eigenvalue weighted by Crippen LogP contribution is 2.34. The average molecular weight is 455 g/mol. The Morgan fingerprint density at radius 3 is 2.47 bits per heavy atom. The molecule has 32 heavy (non-hydrogen) atoms. The molecule has 8 nitrogen and oxygen atoms in total. The monoisotopic (exact) mass is 454 g/mol. The van der Waals surface area contributed by atoms with Gasteiger partial charge in [-0.25, -0.2) is 8.42 Å². The van der Waals surface area contributed by atoms with Gasteiger partial charge in [0.2, 0.25) is 0 Å². The number of amides is 1. The molecular weight excluding hydrogens is 432 g/mol. The Hall–Kier alpha value is -3.72. The van der Waals surface area contributed by atoms with Gasteiger partial charge in [0, 0.05) is 11.6 Å². The highest BCUT2D eigenvalue weighted by Gasteiger charge is 2.20. The van der Waals surface area contributed by atoms with Gasteiger partial charge in [0.25, 0.3) is 15.9 Å². The summed E-state index contributed by atoms with van der Waals surface area (Å²) in [5, 5.41) is 2.74. The summed E-state index contributed by atoms with van der Waals surface area (Å²) in [6, 6.07) is 17.7. The van der Waals surface area contributed by atoms with Crippen molar-refractivity contribution in [3.63, 3.8) is 0 Å². The molecule has 3 aromatic rings. The van der Waals surface area contributed by atoms with Crippen LogP contribution in [0.15, 0.2) is 71.6 Å². The van der Waals surface area contributed by atoms with E-state index in [0.29, 0.717) is 48.3 Å². The molecule has 0 fully saturated rings. The zero-order chi connectivity index (χ0) is 22.6. The Bertz CT molecular complexity index is 1230. The quantitative estimate of drug-likeness (QED) is 0.561. The lowest BCUT2D eigenvalue weighted by Crippen LogP contribution is -2.17. The fraction of sp³-hybridized carbons (Fsp3) is 0.174. The molecule has 0 saturated carbocycles. The topological polar surface area (TPSA) is 103 Å². The molecule has 1 aliphatic rings. The predicted molar refractivity (Wildman–Crippen MR) is 120 cm³/mol. The fourth-order valence-corrected chi connectivity index (χ4v) is 4.24. The third-order valence-corrected chi connectivity index (χ3v) is 6.02. The van der Waals surface area contributed by atoms with E-state index in [2.05, 4.69) is 10.0 Å². The summed E-state index contributed by atoms with van der Waals surface area (Å²) in [6.45, 7) is 3.00. The summed E-state index contributed by atoms with van der Waals surface area (Å²) in [5.41, 5.74) is 1.03. The molecule has 3 aromatic carbocycles. The zero-order valence-corrected chi connectivity index (χ0v) is 18.1. The number of hydrogen-bond acceptors (Lipinski definition) is 6. The van der Waals surface area contributed by atoms with Gasteiger partial charge in [0.05, 0.1) is 22.9 Å². The van der Waals surface area contributed by atoms with Crippen molar-refractivity contribution < 1.29 is 27.4 Å². The van der Waals surface area contributed by atoms with Crippen LogP contribution in [0.5, 0.6) is 17.2 Å². The Labute approximate surface area is 186 Å². The molecule has 1 aliphatic heterocycles. The second-order valence-electron chi connectivity index (χ2n) is 6.88. The minimum atomic E-state index is -3.95. The van der Waals surface area contributed by atoms with Gasteiger partial charge >= 0.3 is 0 Å². The van der Waals surface area contributed by atoms with Crippen LogP contribution >= 0.6 is 0 Å². The summed E-state index contributed by atoms with van der Waals surface area (Å²) in [7, 11) is -3.95. The van der Waals surface area contributed by atoms with E-state index in [9.17, 15) is 13.2 Å². The van der Waals surface area contributed by atoms with E-state index in [1.807, 2.05) is 0 Å². The Morgan fingerprint density at radius 2 is 1.72 bits per heavy atom. The molecule has 0 radical (unpaired) electrons. The Balaban J connectivity index is 1.61. The maximum Gasteiger partial charge on any atom is 0.261 e. The lowest BCUT2D eigenvalue weighted by Gasteiger charge is -2.19. The van der Waals surface area contributed by atoms with Crippen LogP contribution in [0.4, 0.5) is 11.4 Å². The average Bonchev–Trinajstić information content (AvgIpc) is 2.80. The van der Waals surface area contributed by atoms with E-state index in [0.717, 1.165) is 0 Å². The van der Waals surface area contributed by atoms with Crippen LogP contribution in [-0.4, -0.2) is 34.1 Å². The molecule has 0 bridgehead atoms. The van der Waals surface area contributed by atoms with Crippen LogP contribution in [0.25, 0.3) is 0 Å². The second-order valence-corrected chi connectivity index (χ2v) is 8.56. The van der Waals surface area contributed by atoms with Crippen molar-refractivity contribution in [1.29, 1.82) is 0 Å². The summed E-state index contributed by atoms with van der Waals surface area (Å²) in [4.78, 5) is 12.6. The molecule has 0 aromatic heterocycles. The highest BCUT2D eigenvalue weighted by molar-refractivity contribution is 7.92. The second kappa shape index (κ2) is 9.19. The molecule has 1 heterocycles. The van der Waals surface area contributed by atoms with Gasteiger partial charge in [0.15, 0.2) is 11.5 Å². The third-order valence-electron chi connectivity index (χ3n) is 4.64. The number of sulfonamides is 1. The molecule has 0 unspecified atom stereocenters. The van der Waals surface area contributed by atoms with Crippen LogP contribution < -0.4 is 24.2 Å². The summed E-state index contributed by atoms with van der Waals surface area (Å²) < 4.78 is 45.1. The van der Waals surface area contributed by atoms with Crippen molar-refractivity contribution in [3.05, 3.63) is 72.3 Å². The van der Waals surface area contributed by atoms with Crippen LogP contribution in [-0.2, 0) is 10.0 Å². The van der Waals surface area contributed by atoms with Gasteiger partial charge in [-0.15, -0.1) is 0 Å². The molecule has 0 spiro atoms. The molecule has 0 atom stereocenters. The van der Waals surface area contributed by atoms with Crippen molar-refractivity contribution in [2.75, 3.05) is 29.9 Å². The number of ether oxygens (including phenoxy) is 3. The van der Waals surface area contributed by atoms with Crippen molar-refractivity contribution in [3.8, 4) is 17.2 Å². The van der Waals surface area contributed by atoms with Gasteiger partial charge in [-0.3, -0.25) is 9.52 Å². The lowest BCUT2D eigenvalue weighted by atomic mass is 10.2. The first-order chi connectivity index (χ1) is 15.5. The van der Waals surface area contributed by atoms with Crippen molar-refractivity contribution in [2.45, 2.75) is 11.8 Å². The molecular formula is C23H22N2O6S. The number of hydrogen-bond donors (Lipinski definition) is 2. The normalized spacial score (nSPS) is 12.7. The van der Waals surface area contributed by atoms with E-state index in [-0.39, 0.29) is 16.5 Å². The van der Waals surface area contributed by atoms with Crippen molar-refractivity contribution in [1.82, 2.24) is 0 Å². The number of nitrogens with one attached hydrogen (secondary N) is 2. The van der Waals surface area contributed by atoms with Gasteiger partial charge in [-0.1, -0.05) is 18.2 Å². The number of benzene rings is 3. The van der Waals surface area contributed by atoms with E-state index in [1.165, 1.54) is 18.2 Å². The van der Waals surface area contributed by atoms with Crippen LogP contribution in [0.1, 0.15) is 17.3 Å².